The Morgan fingerprint density at radius 3 is 2.32 bits per heavy atom. The van der Waals surface area contributed by atoms with E-state index in [2.05, 4.69) is 5.32 Å². The van der Waals surface area contributed by atoms with Crippen LogP contribution in [0.3, 0.4) is 0 Å². The van der Waals surface area contributed by atoms with Gasteiger partial charge < -0.3 is 29.2 Å². The van der Waals surface area contributed by atoms with Gasteiger partial charge in [0, 0.05) is 25.3 Å². The van der Waals surface area contributed by atoms with E-state index >= 15 is 0 Å². The van der Waals surface area contributed by atoms with Crippen molar-refractivity contribution in [2.24, 2.45) is 5.92 Å². The molecule has 1 amide bonds. The zero-order valence-electron chi connectivity index (χ0n) is 22.0. The molecule has 1 aliphatic heterocycles. The molecule has 1 aliphatic rings. The van der Waals surface area contributed by atoms with Crippen LogP contribution in [0, 0.1) is 12.8 Å². The molecule has 0 aromatic heterocycles. The molecule has 0 bridgehead atoms. The fourth-order valence-corrected chi connectivity index (χ4v) is 5.66. The first-order valence-corrected chi connectivity index (χ1v) is 13.5. The third-order valence-electron chi connectivity index (χ3n) is 6.17. The summed E-state index contributed by atoms with van der Waals surface area (Å²) in [4.78, 5) is 26.6. The lowest BCUT2D eigenvalue weighted by Crippen LogP contribution is -2.47. The van der Waals surface area contributed by atoms with Crippen molar-refractivity contribution in [1.82, 2.24) is 9.62 Å². The molecule has 13 heteroatoms. The second-order valence-corrected chi connectivity index (χ2v) is 11.2. The van der Waals surface area contributed by atoms with Crippen molar-refractivity contribution in [2.45, 2.75) is 38.9 Å². The maximum absolute atomic E-state index is 13.5. The van der Waals surface area contributed by atoms with Crippen molar-refractivity contribution < 1.29 is 41.9 Å². The second-order valence-electron chi connectivity index (χ2n) is 9.18. The van der Waals surface area contributed by atoms with Gasteiger partial charge in [0.1, 0.15) is 19.5 Å². The first-order valence-electron chi connectivity index (χ1n) is 12.0. The van der Waals surface area contributed by atoms with Gasteiger partial charge in [-0.25, -0.2) is 13.2 Å². The van der Waals surface area contributed by atoms with E-state index in [1.165, 1.54) is 26.4 Å². The molecule has 2 atom stereocenters. The van der Waals surface area contributed by atoms with Crippen LogP contribution in [0.15, 0.2) is 42.5 Å². The molecule has 2 N–H and O–H groups in total. The molecule has 11 nitrogen and oxygen atoms in total. The normalized spacial score (nSPS) is 14.9. The van der Waals surface area contributed by atoms with Crippen molar-refractivity contribution >= 4 is 34.5 Å². The van der Waals surface area contributed by atoms with Gasteiger partial charge in [0.05, 0.1) is 6.61 Å². The number of carbonyl (C=O) groups is 2. The Hall–Kier alpha value is -2.81. The Labute approximate surface area is 223 Å². The lowest BCUT2D eigenvalue weighted by molar-refractivity contribution is -0.149. The average molecular weight is 548 g/mol. The highest BCUT2D eigenvalue weighted by Crippen LogP contribution is 2.28. The summed E-state index contributed by atoms with van der Waals surface area (Å²) in [7, 11) is -2.78. The number of nitrogens with zero attached hydrogens (tertiary/aromatic N) is 1. The van der Waals surface area contributed by atoms with Gasteiger partial charge in [0.2, 0.25) is 5.44 Å². The number of nitrogens with one attached hydrogen (secondary N) is 1. The van der Waals surface area contributed by atoms with Gasteiger partial charge in [-0.05, 0) is 35.5 Å². The number of sulfonamides is 1. The highest BCUT2D eigenvalue weighted by atomic mass is 32.2. The second kappa shape index (κ2) is 12.8. The van der Waals surface area contributed by atoms with E-state index in [1.807, 2.05) is 0 Å². The molecule has 1 unspecified atom stereocenters. The fourth-order valence-electron chi connectivity index (χ4n) is 4.17. The minimum atomic E-state index is -4.31. The predicted molar refractivity (Wildman–Crippen MR) is 139 cm³/mol. The molecule has 0 spiro atoms. The maximum Gasteiger partial charge on any atom is 0.492 e. The number of ether oxygens (including phenoxy) is 3. The van der Waals surface area contributed by atoms with Crippen LogP contribution in [0.5, 0.6) is 0 Å². The fraction of sp³-hybridized carbons (Fsp3) is 0.440. The van der Waals surface area contributed by atoms with E-state index in [9.17, 15) is 23.0 Å². The number of benzene rings is 2. The van der Waals surface area contributed by atoms with Crippen LogP contribution < -0.4 is 10.8 Å². The maximum atomic E-state index is 13.5. The number of hydrogen-bond donors (Lipinski definition) is 2. The molecule has 2 aromatic carbocycles. The summed E-state index contributed by atoms with van der Waals surface area (Å²) in [5.41, 5.74) is 0.585. The van der Waals surface area contributed by atoms with Crippen molar-refractivity contribution in [3.8, 4) is 0 Å². The van der Waals surface area contributed by atoms with Crippen LogP contribution >= 0.6 is 0 Å². The molecule has 0 fully saturated rings. The molecule has 38 heavy (non-hydrogen) atoms. The number of esters is 1. The Morgan fingerprint density at radius 1 is 1.11 bits per heavy atom. The first-order chi connectivity index (χ1) is 18.0. The van der Waals surface area contributed by atoms with Gasteiger partial charge in [-0.15, -0.1) is 4.31 Å². The van der Waals surface area contributed by atoms with E-state index in [-0.39, 0.29) is 31.2 Å². The quantitative estimate of drug-likeness (QED) is 0.226. The zero-order chi connectivity index (χ0) is 28.0. The summed E-state index contributed by atoms with van der Waals surface area (Å²) >= 11 is 0. The summed E-state index contributed by atoms with van der Waals surface area (Å²) in [6, 6.07) is 10.1. The summed E-state index contributed by atoms with van der Waals surface area (Å²) < 4.78 is 48.8. The minimum Gasteiger partial charge on any atom is -0.438 e. The topological polar surface area (TPSA) is 141 Å². The van der Waals surface area contributed by atoms with E-state index in [0.717, 1.165) is 9.87 Å². The summed E-state index contributed by atoms with van der Waals surface area (Å²) in [6.07, 6.45) is 0. The largest absolute Gasteiger partial charge is 0.492 e. The van der Waals surface area contributed by atoms with E-state index < -0.39 is 46.4 Å². The standard InChI is InChI=1S/C25H33BN2O9S/c1-16(2)22(27-23(29)20-12-11-19-13-36-26(31)21(19)17(20)3)24(30)37-25(18-9-7-6-8-10-18)38(32,33)28(14-34-4)15-35-5/h6-12,16,22,25,31H,13-15H2,1-5H3,(H,27,29)/t22-,25?/m0/s1. The van der Waals surface area contributed by atoms with Gasteiger partial charge in [-0.3, -0.25) is 4.79 Å². The smallest absolute Gasteiger partial charge is 0.438 e. The van der Waals surface area contributed by atoms with Crippen LogP contribution in [0.2, 0.25) is 0 Å². The van der Waals surface area contributed by atoms with Crippen LogP contribution in [0.25, 0.3) is 0 Å². The number of amides is 1. The molecule has 2 aromatic rings. The Morgan fingerprint density at radius 2 is 1.74 bits per heavy atom. The summed E-state index contributed by atoms with van der Waals surface area (Å²) in [5.74, 6) is -1.94. The number of rotatable bonds is 12. The zero-order valence-corrected chi connectivity index (χ0v) is 22.9. The highest BCUT2D eigenvalue weighted by Gasteiger charge is 2.39. The Kier molecular flexibility index (Phi) is 10.0. The predicted octanol–water partition coefficient (Wildman–Crippen LogP) is 1.05. The molecule has 1 heterocycles. The number of fused-ring (bicyclic) bond motifs is 1. The highest BCUT2D eigenvalue weighted by molar-refractivity contribution is 7.89. The molecule has 0 aliphatic carbocycles. The lowest BCUT2D eigenvalue weighted by atomic mass is 9.75. The number of carbonyl (C=O) groups excluding carboxylic acids is 2. The molecule has 3 rings (SSSR count). The first kappa shape index (κ1) is 29.7. The van der Waals surface area contributed by atoms with Gasteiger partial charge >= 0.3 is 13.1 Å². The monoisotopic (exact) mass is 548 g/mol. The molecule has 0 saturated carbocycles. The van der Waals surface area contributed by atoms with Crippen molar-refractivity contribution in [1.29, 1.82) is 0 Å². The van der Waals surface area contributed by atoms with Crippen LogP contribution in [-0.2, 0) is 40.3 Å². The van der Waals surface area contributed by atoms with Crippen molar-refractivity contribution in [3.63, 3.8) is 0 Å². The Balaban J connectivity index is 1.90. The van der Waals surface area contributed by atoms with Gasteiger partial charge in [0.25, 0.3) is 15.9 Å². The molecule has 206 valence electrons. The lowest BCUT2D eigenvalue weighted by Gasteiger charge is -2.28. The molecule has 0 radical (unpaired) electrons. The summed E-state index contributed by atoms with van der Waals surface area (Å²) in [5, 5.41) is 12.8. The van der Waals surface area contributed by atoms with E-state index in [1.54, 1.807) is 51.1 Å². The van der Waals surface area contributed by atoms with Crippen molar-refractivity contribution in [2.75, 3.05) is 27.7 Å². The van der Waals surface area contributed by atoms with Gasteiger partial charge in [-0.2, -0.15) is 0 Å². The van der Waals surface area contributed by atoms with Crippen LogP contribution in [0.4, 0.5) is 0 Å². The van der Waals surface area contributed by atoms with Crippen molar-refractivity contribution in [3.05, 3.63) is 64.7 Å². The van der Waals surface area contributed by atoms with Crippen LogP contribution in [0.1, 0.15) is 46.3 Å². The number of methoxy groups -OCH3 is 2. The Bertz CT molecular complexity index is 1230. The third-order valence-corrected chi connectivity index (χ3v) is 8.01. The number of hydrogen-bond acceptors (Lipinski definition) is 9. The van der Waals surface area contributed by atoms with Gasteiger partial charge in [-0.1, -0.05) is 50.2 Å². The van der Waals surface area contributed by atoms with Gasteiger partial charge in [0.15, 0.2) is 0 Å². The minimum absolute atomic E-state index is 0.218. The van der Waals surface area contributed by atoms with E-state index in [4.69, 9.17) is 18.9 Å². The van der Waals surface area contributed by atoms with Crippen LogP contribution in [-0.4, -0.2) is 70.5 Å². The molecular formula is C25H33BN2O9S. The summed E-state index contributed by atoms with van der Waals surface area (Å²) in [6.45, 7) is 4.68. The average Bonchev–Trinajstić information content (AvgIpc) is 3.27. The molecule has 0 saturated heterocycles. The molecular weight excluding hydrogens is 515 g/mol. The van der Waals surface area contributed by atoms with E-state index in [0.29, 0.717) is 11.0 Å². The third kappa shape index (κ3) is 6.42. The SMILES string of the molecule is COCN(COC)S(=O)(=O)C(OC(=O)[C@@H](NC(=O)c1ccc2c(c1C)B(O)OC2)C(C)C)c1ccccc1.